The Bertz CT molecular complexity index is 795. The van der Waals surface area contributed by atoms with Gasteiger partial charge in [0.25, 0.3) is 11.8 Å². The Balaban J connectivity index is 2.04. The monoisotopic (exact) mass is 456 g/mol. The molecule has 2 amide bonds. The number of carbonyl (C=O) groups excluding carboxylic acids is 2. The van der Waals surface area contributed by atoms with Gasteiger partial charge in [-0.05, 0) is 59.0 Å². The van der Waals surface area contributed by atoms with Gasteiger partial charge in [0.1, 0.15) is 5.75 Å². The highest BCUT2D eigenvalue weighted by molar-refractivity contribution is 14.1. The van der Waals surface area contributed by atoms with E-state index in [0.717, 1.165) is 3.57 Å². The summed E-state index contributed by atoms with van der Waals surface area (Å²) < 4.78 is 16.2. The summed E-state index contributed by atoms with van der Waals surface area (Å²) in [5.74, 6) is 0.695. The largest absolute Gasteiger partial charge is 0.496 e. The topological polar surface area (TPSA) is 85.9 Å². The molecule has 0 unspecified atom stereocenters. The Morgan fingerprint density at radius 1 is 0.760 bits per heavy atom. The molecule has 0 atom stereocenters. The second-order valence-corrected chi connectivity index (χ2v) is 5.99. The van der Waals surface area contributed by atoms with Gasteiger partial charge in [0.05, 0.1) is 24.9 Å². The molecule has 0 spiro atoms. The molecule has 0 saturated heterocycles. The molecular formula is C17H17IN2O5. The van der Waals surface area contributed by atoms with E-state index in [4.69, 9.17) is 14.2 Å². The number of hydrogen-bond acceptors (Lipinski definition) is 5. The van der Waals surface area contributed by atoms with E-state index in [9.17, 15) is 9.59 Å². The minimum atomic E-state index is -0.475. The summed E-state index contributed by atoms with van der Waals surface area (Å²) in [6, 6.07) is 9.67. The van der Waals surface area contributed by atoms with Crippen molar-refractivity contribution in [3.05, 3.63) is 51.1 Å². The molecule has 7 nitrogen and oxygen atoms in total. The molecule has 8 heteroatoms. The van der Waals surface area contributed by atoms with Crippen LogP contribution < -0.4 is 25.1 Å². The number of ether oxygens (including phenoxy) is 3. The zero-order valence-corrected chi connectivity index (χ0v) is 16.0. The third-order valence-electron chi connectivity index (χ3n) is 3.35. The van der Waals surface area contributed by atoms with Gasteiger partial charge in [0, 0.05) is 11.1 Å². The van der Waals surface area contributed by atoms with Gasteiger partial charge in [0.15, 0.2) is 11.5 Å². The SMILES string of the molecule is COc1ccc(C(=O)NNC(=O)c2ccc(OC)c(OC)c2)cc1I. The Hall–Kier alpha value is -2.49. The van der Waals surface area contributed by atoms with Crippen LogP contribution in [-0.2, 0) is 0 Å². The van der Waals surface area contributed by atoms with Crippen molar-refractivity contribution in [2.75, 3.05) is 21.3 Å². The van der Waals surface area contributed by atoms with Crippen LogP contribution in [0.2, 0.25) is 0 Å². The first-order chi connectivity index (χ1) is 12.0. The lowest BCUT2D eigenvalue weighted by atomic mass is 10.2. The van der Waals surface area contributed by atoms with E-state index in [1.54, 1.807) is 37.4 Å². The lowest BCUT2D eigenvalue weighted by molar-refractivity contribution is 0.0846. The molecule has 2 aromatic rings. The van der Waals surface area contributed by atoms with Crippen molar-refractivity contribution in [1.29, 1.82) is 0 Å². The van der Waals surface area contributed by atoms with E-state index < -0.39 is 11.8 Å². The van der Waals surface area contributed by atoms with Gasteiger partial charge in [-0.2, -0.15) is 0 Å². The smallest absolute Gasteiger partial charge is 0.269 e. The van der Waals surface area contributed by atoms with Gasteiger partial charge >= 0.3 is 0 Å². The third-order valence-corrected chi connectivity index (χ3v) is 4.19. The van der Waals surface area contributed by atoms with Crippen molar-refractivity contribution in [3.63, 3.8) is 0 Å². The first kappa shape index (κ1) is 18.8. The second kappa shape index (κ2) is 8.56. The molecule has 0 fully saturated rings. The van der Waals surface area contributed by atoms with Crippen molar-refractivity contribution in [2.24, 2.45) is 0 Å². The van der Waals surface area contributed by atoms with Crippen LogP contribution in [0.15, 0.2) is 36.4 Å². The highest BCUT2D eigenvalue weighted by Crippen LogP contribution is 2.27. The maximum atomic E-state index is 12.2. The van der Waals surface area contributed by atoms with E-state index in [1.165, 1.54) is 20.3 Å². The Morgan fingerprint density at radius 2 is 1.24 bits per heavy atom. The fourth-order valence-corrected chi connectivity index (χ4v) is 2.78. The predicted molar refractivity (Wildman–Crippen MR) is 100 cm³/mol. The molecule has 0 aliphatic heterocycles. The minimum absolute atomic E-state index is 0.322. The van der Waals surface area contributed by atoms with Crippen molar-refractivity contribution in [3.8, 4) is 17.2 Å². The van der Waals surface area contributed by atoms with Crippen molar-refractivity contribution >= 4 is 34.4 Å². The fourth-order valence-electron chi connectivity index (χ4n) is 2.04. The van der Waals surface area contributed by atoms with Crippen molar-refractivity contribution < 1.29 is 23.8 Å². The van der Waals surface area contributed by atoms with Gasteiger partial charge in [0.2, 0.25) is 0 Å². The number of carbonyl (C=O) groups is 2. The van der Waals surface area contributed by atoms with E-state index in [2.05, 4.69) is 33.4 Å². The Morgan fingerprint density at radius 3 is 1.72 bits per heavy atom. The number of amides is 2. The Labute approximate surface area is 158 Å². The van der Waals surface area contributed by atoms with Crippen molar-refractivity contribution in [2.45, 2.75) is 0 Å². The molecule has 25 heavy (non-hydrogen) atoms. The summed E-state index contributed by atoms with van der Waals surface area (Å²) in [6.07, 6.45) is 0. The first-order valence-electron chi connectivity index (χ1n) is 7.16. The van der Waals surface area contributed by atoms with Crippen LogP contribution in [0, 0.1) is 3.57 Å². The average molecular weight is 456 g/mol. The molecule has 2 N–H and O–H groups in total. The van der Waals surface area contributed by atoms with E-state index >= 15 is 0 Å². The predicted octanol–water partition coefficient (Wildman–Crippen LogP) is 2.39. The molecular weight excluding hydrogens is 439 g/mol. The summed E-state index contributed by atoms with van der Waals surface area (Å²) in [5.41, 5.74) is 5.46. The molecule has 2 aromatic carbocycles. The van der Waals surface area contributed by atoms with Crippen LogP contribution in [0.5, 0.6) is 17.2 Å². The normalized spacial score (nSPS) is 9.92. The van der Waals surface area contributed by atoms with Gasteiger partial charge in [-0.1, -0.05) is 0 Å². The van der Waals surface area contributed by atoms with Gasteiger partial charge in [-0.15, -0.1) is 0 Å². The summed E-state index contributed by atoms with van der Waals surface area (Å²) in [7, 11) is 4.54. The fraction of sp³-hybridized carbons (Fsp3) is 0.176. The quantitative estimate of drug-likeness (QED) is 0.533. The molecule has 0 aliphatic carbocycles. The number of hydrazine groups is 1. The lowest BCUT2D eigenvalue weighted by Crippen LogP contribution is -2.41. The number of nitrogens with one attached hydrogen (secondary N) is 2. The molecule has 0 bridgehead atoms. The van der Waals surface area contributed by atoms with E-state index in [1.807, 2.05) is 0 Å². The van der Waals surface area contributed by atoms with Crippen LogP contribution in [0.25, 0.3) is 0 Å². The molecule has 132 valence electrons. The highest BCUT2D eigenvalue weighted by Gasteiger charge is 2.13. The molecule has 0 saturated carbocycles. The van der Waals surface area contributed by atoms with Crippen LogP contribution in [0.1, 0.15) is 20.7 Å². The Kier molecular flexibility index (Phi) is 6.45. The zero-order chi connectivity index (χ0) is 18.4. The van der Waals surface area contributed by atoms with Gasteiger partial charge in [-0.25, -0.2) is 0 Å². The number of benzene rings is 2. The van der Waals surface area contributed by atoms with Gasteiger partial charge in [-0.3, -0.25) is 20.4 Å². The summed E-state index contributed by atoms with van der Waals surface area (Å²) in [6.45, 7) is 0. The highest BCUT2D eigenvalue weighted by atomic mass is 127. The summed E-state index contributed by atoms with van der Waals surface area (Å²) in [4.78, 5) is 24.3. The standard InChI is InChI=1S/C17H17IN2O5/c1-23-13-6-4-10(8-12(13)18)16(21)19-20-17(22)11-5-7-14(24-2)15(9-11)25-3/h4-9H,1-3H3,(H,19,21)(H,20,22). The molecule has 0 heterocycles. The van der Waals surface area contributed by atoms with Crippen LogP contribution in [0.4, 0.5) is 0 Å². The zero-order valence-electron chi connectivity index (χ0n) is 13.9. The van der Waals surface area contributed by atoms with Gasteiger partial charge < -0.3 is 14.2 Å². The molecule has 2 rings (SSSR count). The van der Waals surface area contributed by atoms with Crippen LogP contribution >= 0.6 is 22.6 Å². The van der Waals surface area contributed by atoms with E-state index in [0.29, 0.717) is 28.4 Å². The van der Waals surface area contributed by atoms with Crippen molar-refractivity contribution in [1.82, 2.24) is 10.9 Å². The molecule has 0 radical (unpaired) electrons. The third kappa shape index (κ3) is 4.53. The maximum Gasteiger partial charge on any atom is 0.269 e. The van der Waals surface area contributed by atoms with E-state index in [-0.39, 0.29) is 0 Å². The maximum absolute atomic E-state index is 12.2. The number of hydrogen-bond donors (Lipinski definition) is 2. The lowest BCUT2D eigenvalue weighted by Gasteiger charge is -2.11. The summed E-state index contributed by atoms with van der Waals surface area (Å²) in [5, 5.41) is 0. The van der Waals surface area contributed by atoms with Crippen LogP contribution in [0.3, 0.4) is 0 Å². The first-order valence-corrected chi connectivity index (χ1v) is 8.24. The number of halogens is 1. The molecule has 0 aromatic heterocycles. The minimum Gasteiger partial charge on any atom is -0.496 e. The van der Waals surface area contributed by atoms with Crippen LogP contribution in [-0.4, -0.2) is 33.1 Å². The molecule has 0 aliphatic rings. The summed E-state index contributed by atoms with van der Waals surface area (Å²) >= 11 is 2.07. The second-order valence-electron chi connectivity index (χ2n) is 4.83. The average Bonchev–Trinajstić information content (AvgIpc) is 2.64. The number of methoxy groups -OCH3 is 3. The number of rotatable bonds is 5.